The lowest BCUT2D eigenvalue weighted by molar-refractivity contribution is -0.157. The summed E-state index contributed by atoms with van der Waals surface area (Å²) in [5.74, 6) is -1.36. The van der Waals surface area contributed by atoms with Crippen molar-refractivity contribution in [2.75, 3.05) is 7.11 Å². The Morgan fingerprint density at radius 2 is 1.95 bits per heavy atom. The first kappa shape index (κ1) is 15.1. The lowest BCUT2D eigenvalue weighted by atomic mass is 9.77. The number of amides is 2. The highest BCUT2D eigenvalue weighted by Crippen LogP contribution is 2.42. The molecule has 1 saturated carbocycles. The Kier molecular flexibility index (Phi) is 4.25. The fourth-order valence-electron chi connectivity index (χ4n) is 3.20. The quantitative estimate of drug-likeness (QED) is 0.763. The van der Waals surface area contributed by atoms with Gasteiger partial charge in [0.1, 0.15) is 12.0 Å². The number of ketones is 1. The number of hydrogen-bond acceptors (Lipinski definition) is 5. The minimum absolute atomic E-state index is 0.0497. The van der Waals surface area contributed by atoms with Crippen LogP contribution < -0.4 is 0 Å². The van der Waals surface area contributed by atoms with Gasteiger partial charge in [0, 0.05) is 32.8 Å². The van der Waals surface area contributed by atoms with E-state index in [1.54, 1.807) is 0 Å². The molecule has 1 aliphatic carbocycles. The van der Waals surface area contributed by atoms with Crippen molar-refractivity contribution in [1.29, 1.82) is 0 Å². The Morgan fingerprint density at radius 3 is 2.45 bits per heavy atom. The van der Waals surface area contributed by atoms with Crippen molar-refractivity contribution in [1.82, 2.24) is 4.90 Å². The smallest absolute Gasteiger partial charge is 0.237 e. The first-order valence-electron chi connectivity index (χ1n) is 6.90. The summed E-state index contributed by atoms with van der Waals surface area (Å²) in [6.07, 6.45) is -0.768. The lowest BCUT2D eigenvalue weighted by Gasteiger charge is -2.32. The van der Waals surface area contributed by atoms with Gasteiger partial charge >= 0.3 is 0 Å². The molecule has 0 unspecified atom stereocenters. The number of imide groups is 1. The van der Waals surface area contributed by atoms with E-state index >= 15 is 0 Å². The van der Waals surface area contributed by atoms with Crippen LogP contribution in [0.2, 0.25) is 0 Å². The average molecular weight is 283 g/mol. The van der Waals surface area contributed by atoms with Crippen molar-refractivity contribution in [3.05, 3.63) is 0 Å². The van der Waals surface area contributed by atoms with Crippen molar-refractivity contribution >= 4 is 17.6 Å². The number of rotatable bonds is 3. The van der Waals surface area contributed by atoms with E-state index in [0.29, 0.717) is 0 Å². The molecular formula is C14H21NO5. The molecule has 112 valence electrons. The molecule has 20 heavy (non-hydrogen) atoms. The number of nitrogens with zero attached hydrogens (tertiary/aromatic N) is 1. The van der Waals surface area contributed by atoms with Crippen molar-refractivity contribution in [3.63, 3.8) is 0 Å². The summed E-state index contributed by atoms with van der Waals surface area (Å²) in [4.78, 5) is 37.2. The Bertz CT molecular complexity index is 433. The predicted octanol–water partition coefficient (Wildman–Crippen LogP) is 0.736. The predicted molar refractivity (Wildman–Crippen MR) is 69.6 cm³/mol. The first-order chi connectivity index (χ1) is 9.36. The molecule has 0 spiro atoms. The Labute approximate surface area is 118 Å². The van der Waals surface area contributed by atoms with Crippen LogP contribution >= 0.6 is 0 Å². The van der Waals surface area contributed by atoms with Crippen LogP contribution in [0.25, 0.3) is 0 Å². The summed E-state index contributed by atoms with van der Waals surface area (Å²) >= 11 is 0. The number of fused-ring (bicyclic) bond motifs is 1. The van der Waals surface area contributed by atoms with Crippen LogP contribution in [-0.4, -0.2) is 48.0 Å². The molecule has 0 aromatic rings. The summed E-state index contributed by atoms with van der Waals surface area (Å²) in [5.41, 5.74) is 0. The number of carbonyl (C=O) groups is 3. The van der Waals surface area contributed by atoms with Crippen LogP contribution in [0.15, 0.2) is 0 Å². The monoisotopic (exact) mass is 283 g/mol. The van der Waals surface area contributed by atoms with Gasteiger partial charge in [-0.2, -0.15) is 0 Å². The Hall–Kier alpha value is -1.27. The van der Waals surface area contributed by atoms with Crippen LogP contribution in [0.4, 0.5) is 0 Å². The molecule has 1 heterocycles. The molecule has 0 radical (unpaired) electrons. The number of hydrogen-bond donors (Lipinski definition) is 0. The summed E-state index contributed by atoms with van der Waals surface area (Å²) in [5, 5.41) is 0. The Balaban J connectivity index is 2.36. The third-order valence-corrected chi connectivity index (χ3v) is 3.95. The number of methoxy groups -OCH3 is 1. The molecule has 1 aliphatic heterocycles. The maximum Gasteiger partial charge on any atom is 0.237 e. The third kappa shape index (κ3) is 2.50. The summed E-state index contributed by atoms with van der Waals surface area (Å²) in [6.45, 7) is 5.03. The average Bonchev–Trinajstić information content (AvgIpc) is 2.61. The number of ether oxygens (including phenoxy) is 2. The summed E-state index contributed by atoms with van der Waals surface area (Å²) < 4.78 is 11.0. The van der Waals surface area contributed by atoms with Gasteiger partial charge in [-0.15, -0.1) is 0 Å². The van der Waals surface area contributed by atoms with Gasteiger partial charge in [0.2, 0.25) is 11.8 Å². The SMILES string of the molecule is CO[C@@H]1CC(=O)C[C@H]2[C@@H]1C(=O)N(C(C)=O)[C@@H]2OC(C)C. The minimum Gasteiger partial charge on any atom is -0.380 e. The summed E-state index contributed by atoms with van der Waals surface area (Å²) in [7, 11) is 1.49. The van der Waals surface area contributed by atoms with Gasteiger partial charge in [-0.25, -0.2) is 0 Å². The molecule has 2 aliphatic rings. The highest BCUT2D eigenvalue weighted by Gasteiger charge is 2.56. The van der Waals surface area contributed by atoms with E-state index in [1.165, 1.54) is 14.0 Å². The third-order valence-electron chi connectivity index (χ3n) is 3.95. The second-order valence-electron chi connectivity index (χ2n) is 5.71. The number of likely N-dealkylation sites (tertiary alicyclic amines) is 1. The number of Topliss-reactive ketones (excluding diaryl/α,β-unsaturated/α-hetero) is 1. The van der Waals surface area contributed by atoms with E-state index in [0.717, 1.165) is 4.90 Å². The molecule has 2 amide bonds. The van der Waals surface area contributed by atoms with Crippen LogP contribution in [0.1, 0.15) is 33.6 Å². The molecule has 4 atom stereocenters. The standard InChI is InChI=1S/C14H21NO5/c1-7(2)20-14-10-5-9(17)6-11(19-4)12(10)13(18)15(14)8(3)16/h7,10-12,14H,5-6H2,1-4H3/t10-,11+,12-,14+/m0/s1. The maximum absolute atomic E-state index is 12.5. The van der Waals surface area contributed by atoms with E-state index in [-0.39, 0.29) is 42.5 Å². The zero-order valence-electron chi connectivity index (χ0n) is 12.3. The maximum atomic E-state index is 12.5. The van der Waals surface area contributed by atoms with Gasteiger partial charge in [-0.05, 0) is 13.8 Å². The van der Waals surface area contributed by atoms with Crippen molar-refractivity contribution < 1.29 is 23.9 Å². The second kappa shape index (κ2) is 5.61. The van der Waals surface area contributed by atoms with Crippen LogP contribution in [0.5, 0.6) is 0 Å². The fourth-order valence-corrected chi connectivity index (χ4v) is 3.20. The van der Waals surface area contributed by atoms with Gasteiger partial charge in [0.05, 0.1) is 18.1 Å². The number of carbonyl (C=O) groups excluding carboxylic acids is 3. The van der Waals surface area contributed by atoms with E-state index in [2.05, 4.69) is 0 Å². The molecule has 0 bridgehead atoms. The molecule has 2 fully saturated rings. The fraction of sp³-hybridized carbons (Fsp3) is 0.786. The molecule has 0 aromatic heterocycles. The van der Waals surface area contributed by atoms with Crippen LogP contribution in [0, 0.1) is 11.8 Å². The zero-order chi connectivity index (χ0) is 15.0. The highest BCUT2D eigenvalue weighted by atomic mass is 16.5. The van der Waals surface area contributed by atoms with Crippen molar-refractivity contribution in [2.45, 2.75) is 52.0 Å². The minimum atomic E-state index is -0.660. The molecule has 6 nitrogen and oxygen atoms in total. The van der Waals surface area contributed by atoms with E-state index in [9.17, 15) is 14.4 Å². The van der Waals surface area contributed by atoms with Crippen molar-refractivity contribution in [2.24, 2.45) is 11.8 Å². The van der Waals surface area contributed by atoms with Gasteiger partial charge < -0.3 is 9.47 Å². The zero-order valence-corrected chi connectivity index (χ0v) is 12.3. The molecule has 0 aromatic carbocycles. The molecular weight excluding hydrogens is 262 g/mol. The lowest BCUT2D eigenvalue weighted by Crippen LogP contribution is -2.42. The van der Waals surface area contributed by atoms with Gasteiger partial charge in [-0.3, -0.25) is 19.3 Å². The largest absolute Gasteiger partial charge is 0.380 e. The van der Waals surface area contributed by atoms with E-state index in [4.69, 9.17) is 9.47 Å². The normalized spacial score (nSPS) is 33.8. The van der Waals surface area contributed by atoms with Gasteiger partial charge in [-0.1, -0.05) is 0 Å². The van der Waals surface area contributed by atoms with E-state index in [1.807, 2.05) is 13.8 Å². The Morgan fingerprint density at radius 1 is 1.30 bits per heavy atom. The molecule has 0 N–H and O–H groups in total. The molecule has 2 rings (SSSR count). The summed E-state index contributed by atoms with van der Waals surface area (Å²) in [6, 6.07) is 0. The van der Waals surface area contributed by atoms with Crippen LogP contribution in [-0.2, 0) is 23.9 Å². The van der Waals surface area contributed by atoms with Gasteiger partial charge in [0.15, 0.2) is 0 Å². The topological polar surface area (TPSA) is 72.9 Å². The van der Waals surface area contributed by atoms with Crippen molar-refractivity contribution in [3.8, 4) is 0 Å². The van der Waals surface area contributed by atoms with Crippen LogP contribution in [0.3, 0.4) is 0 Å². The first-order valence-corrected chi connectivity index (χ1v) is 6.90. The second-order valence-corrected chi connectivity index (χ2v) is 5.71. The molecule has 6 heteroatoms. The van der Waals surface area contributed by atoms with Gasteiger partial charge in [0.25, 0.3) is 0 Å². The highest BCUT2D eigenvalue weighted by molar-refractivity contribution is 5.99. The van der Waals surface area contributed by atoms with E-state index < -0.39 is 18.2 Å². The molecule has 1 saturated heterocycles.